The molecular weight excluding hydrogens is 228 g/mol. The summed E-state index contributed by atoms with van der Waals surface area (Å²) in [6.07, 6.45) is 0.941. The molecular formula is C14H22N2O2. The van der Waals surface area contributed by atoms with Crippen LogP contribution in [0.25, 0.3) is 0 Å². The first-order valence-corrected chi connectivity index (χ1v) is 6.62. The van der Waals surface area contributed by atoms with Crippen molar-refractivity contribution >= 4 is 0 Å². The van der Waals surface area contributed by atoms with E-state index in [1.807, 2.05) is 13.1 Å². The first-order chi connectivity index (χ1) is 8.85. The Kier molecular flexibility index (Phi) is 4.84. The van der Waals surface area contributed by atoms with E-state index >= 15 is 0 Å². The molecule has 0 amide bonds. The summed E-state index contributed by atoms with van der Waals surface area (Å²) in [5.74, 6) is 1.72. The largest absolute Gasteiger partial charge is 0.490 e. The second-order valence-electron chi connectivity index (χ2n) is 4.41. The lowest BCUT2D eigenvalue weighted by Gasteiger charge is -2.18. The number of ether oxygens (including phenoxy) is 2. The lowest BCUT2D eigenvalue weighted by Crippen LogP contribution is -2.29. The van der Waals surface area contributed by atoms with E-state index < -0.39 is 0 Å². The van der Waals surface area contributed by atoms with E-state index in [4.69, 9.17) is 9.47 Å². The highest BCUT2D eigenvalue weighted by molar-refractivity contribution is 5.44. The maximum Gasteiger partial charge on any atom is 0.161 e. The molecule has 2 rings (SSSR count). The minimum atomic E-state index is 0.294. The molecule has 4 nitrogen and oxygen atoms in total. The van der Waals surface area contributed by atoms with Crippen LogP contribution in [0, 0.1) is 0 Å². The average Bonchev–Trinajstić information content (AvgIpc) is 2.64. The van der Waals surface area contributed by atoms with Gasteiger partial charge in [-0.2, -0.15) is 0 Å². The van der Waals surface area contributed by atoms with Crippen LogP contribution in [0.3, 0.4) is 0 Å². The number of likely N-dealkylation sites (N-methyl/N-ethyl adjacent to an activating group) is 2. The normalized spacial score (nSPS) is 16.1. The Hall–Kier alpha value is -1.26. The molecule has 1 atom stereocenters. The molecule has 1 aromatic rings. The van der Waals surface area contributed by atoms with Crippen molar-refractivity contribution in [1.82, 2.24) is 10.6 Å². The zero-order valence-corrected chi connectivity index (χ0v) is 11.2. The van der Waals surface area contributed by atoms with Crippen LogP contribution in [-0.4, -0.2) is 33.4 Å². The van der Waals surface area contributed by atoms with E-state index in [1.165, 1.54) is 5.56 Å². The summed E-state index contributed by atoms with van der Waals surface area (Å²) in [7, 11) is 1.98. The number of fused-ring (bicyclic) bond motifs is 1. The van der Waals surface area contributed by atoms with Gasteiger partial charge in [0.25, 0.3) is 0 Å². The van der Waals surface area contributed by atoms with Crippen molar-refractivity contribution in [2.24, 2.45) is 0 Å². The Morgan fingerprint density at radius 1 is 1.22 bits per heavy atom. The van der Waals surface area contributed by atoms with Crippen molar-refractivity contribution in [2.75, 3.05) is 33.4 Å². The molecule has 0 aliphatic carbocycles. The minimum Gasteiger partial charge on any atom is -0.490 e. The highest BCUT2D eigenvalue weighted by atomic mass is 16.5. The van der Waals surface area contributed by atoms with Gasteiger partial charge in [0.15, 0.2) is 11.5 Å². The van der Waals surface area contributed by atoms with Crippen molar-refractivity contribution in [3.63, 3.8) is 0 Å². The van der Waals surface area contributed by atoms with Gasteiger partial charge < -0.3 is 20.1 Å². The van der Waals surface area contributed by atoms with Gasteiger partial charge in [-0.05, 0) is 31.3 Å². The molecule has 18 heavy (non-hydrogen) atoms. The molecule has 2 N–H and O–H groups in total. The molecule has 1 unspecified atom stereocenters. The van der Waals surface area contributed by atoms with Gasteiger partial charge in [0.1, 0.15) is 0 Å². The van der Waals surface area contributed by atoms with Crippen molar-refractivity contribution in [3.8, 4) is 11.5 Å². The molecule has 0 fully saturated rings. The van der Waals surface area contributed by atoms with Crippen LogP contribution in [0.15, 0.2) is 18.2 Å². The summed E-state index contributed by atoms with van der Waals surface area (Å²) in [5, 5.41) is 6.67. The van der Waals surface area contributed by atoms with Crippen molar-refractivity contribution in [3.05, 3.63) is 23.8 Å². The molecule has 0 spiro atoms. The fourth-order valence-corrected chi connectivity index (χ4v) is 2.07. The van der Waals surface area contributed by atoms with Crippen LogP contribution >= 0.6 is 0 Å². The monoisotopic (exact) mass is 250 g/mol. The maximum absolute atomic E-state index is 5.72. The van der Waals surface area contributed by atoms with E-state index in [0.717, 1.165) is 44.2 Å². The van der Waals surface area contributed by atoms with Crippen LogP contribution in [0.4, 0.5) is 0 Å². The molecule has 0 aromatic heterocycles. The second-order valence-corrected chi connectivity index (χ2v) is 4.41. The molecule has 1 aliphatic heterocycles. The third kappa shape index (κ3) is 3.15. The number of nitrogens with one attached hydrogen (secondary N) is 2. The van der Waals surface area contributed by atoms with Crippen LogP contribution < -0.4 is 20.1 Å². The molecule has 0 radical (unpaired) electrons. The summed E-state index contributed by atoms with van der Waals surface area (Å²) >= 11 is 0. The van der Waals surface area contributed by atoms with Gasteiger partial charge in [-0.15, -0.1) is 0 Å². The van der Waals surface area contributed by atoms with Gasteiger partial charge in [0.2, 0.25) is 0 Å². The molecule has 0 saturated heterocycles. The Balaban J connectivity index is 2.15. The van der Waals surface area contributed by atoms with Crippen LogP contribution in [0.2, 0.25) is 0 Å². The highest BCUT2D eigenvalue weighted by Crippen LogP contribution is 2.32. The molecule has 1 heterocycles. The number of hydrogen-bond acceptors (Lipinski definition) is 4. The smallest absolute Gasteiger partial charge is 0.161 e. The van der Waals surface area contributed by atoms with E-state index in [0.29, 0.717) is 6.04 Å². The van der Waals surface area contributed by atoms with E-state index in [2.05, 4.69) is 29.7 Å². The molecule has 4 heteroatoms. The van der Waals surface area contributed by atoms with E-state index in [1.54, 1.807) is 0 Å². The molecule has 1 aromatic carbocycles. The van der Waals surface area contributed by atoms with Gasteiger partial charge in [0.05, 0.1) is 13.2 Å². The van der Waals surface area contributed by atoms with Gasteiger partial charge in [-0.3, -0.25) is 0 Å². The summed E-state index contributed by atoms with van der Waals surface area (Å²) in [6.45, 7) is 5.46. The summed E-state index contributed by atoms with van der Waals surface area (Å²) < 4.78 is 11.4. The Morgan fingerprint density at radius 3 is 2.72 bits per heavy atom. The molecule has 0 bridgehead atoms. The second kappa shape index (κ2) is 6.61. The molecule has 100 valence electrons. The van der Waals surface area contributed by atoms with Gasteiger partial charge in [0, 0.05) is 19.0 Å². The van der Waals surface area contributed by atoms with E-state index in [9.17, 15) is 0 Å². The van der Waals surface area contributed by atoms with Gasteiger partial charge in [-0.1, -0.05) is 13.0 Å². The zero-order chi connectivity index (χ0) is 12.8. The lowest BCUT2D eigenvalue weighted by molar-refractivity contribution is 0.297. The van der Waals surface area contributed by atoms with Crippen LogP contribution in [0.5, 0.6) is 11.5 Å². The van der Waals surface area contributed by atoms with Crippen molar-refractivity contribution in [2.45, 2.75) is 19.4 Å². The van der Waals surface area contributed by atoms with E-state index in [-0.39, 0.29) is 0 Å². The van der Waals surface area contributed by atoms with Gasteiger partial charge in [-0.25, -0.2) is 0 Å². The van der Waals surface area contributed by atoms with Crippen molar-refractivity contribution < 1.29 is 9.47 Å². The number of rotatable bonds is 5. The Labute approximate surface area is 109 Å². The summed E-state index contributed by atoms with van der Waals surface area (Å²) in [6, 6.07) is 6.49. The highest BCUT2D eigenvalue weighted by Gasteiger charge is 2.14. The summed E-state index contributed by atoms with van der Waals surface area (Å²) in [5.41, 5.74) is 1.22. The fourth-order valence-electron chi connectivity index (χ4n) is 2.07. The molecule has 0 saturated carbocycles. The zero-order valence-electron chi connectivity index (χ0n) is 11.2. The summed E-state index contributed by atoms with van der Waals surface area (Å²) in [4.78, 5) is 0. The topological polar surface area (TPSA) is 42.5 Å². The lowest BCUT2D eigenvalue weighted by atomic mass is 10.1. The first kappa shape index (κ1) is 13.2. The third-order valence-corrected chi connectivity index (χ3v) is 3.12. The Morgan fingerprint density at radius 2 is 2.00 bits per heavy atom. The number of benzene rings is 1. The first-order valence-electron chi connectivity index (χ1n) is 6.62. The van der Waals surface area contributed by atoms with Gasteiger partial charge >= 0.3 is 0 Å². The third-order valence-electron chi connectivity index (χ3n) is 3.12. The standard InChI is InChI=1S/C14H22N2O2/c1-3-16-10-12(15-2)11-5-6-13-14(9-11)18-8-4-7-17-13/h5-6,9,12,15-16H,3-4,7-8,10H2,1-2H3. The average molecular weight is 250 g/mol. The maximum atomic E-state index is 5.72. The van der Waals surface area contributed by atoms with Crippen LogP contribution in [-0.2, 0) is 0 Å². The van der Waals surface area contributed by atoms with Crippen LogP contribution in [0.1, 0.15) is 24.9 Å². The van der Waals surface area contributed by atoms with Crippen molar-refractivity contribution in [1.29, 1.82) is 0 Å². The predicted octanol–water partition coefficient (Wildman–Crippen LogP) is 1.72. The predicted molar refractivity (Wildman–Crippen MR) is 72.4 cm³/mol. The SMILES string of the molecule is CCNCC(NC)c1ccc2c(c1)OCCCO2. The minimum absolute atomic E-state index is 0.294. The Bertz CT molecular complexity index is 382. The number of hydrogen-bond donors (Lipinski definition) is 2. The fraction of sp³-hybridized carbons (Fsp3) is 0.571. The molecule has 1 aliphatic rings. The quantitative estimate of drug-likeness (QED) is 0.835.